The second-order valence-corrected chi connectivity index (χ2v) is 11.8. The van der Waals surface area contributed by atoms with E-state index in [-0.39, 0.29) is 31.0 Å². The van der Waals surface area contributed by atoms with Crippen molar-refractivity contribution in [1.82, 2.24) is 5.32 Å². The number of ether oxygens (including phenoxy) is 2. The Kier molecular flexibility index (Phi) is 10.0. The van der Waals surface area contributed by atoms with Gasteiger partial charge in [0, 0.05) is 18.3 Å². The Hall–Kier alpha value is -2.70. The molecule has 0 aliphatic carbocycles. The van der Waals surface area contributed by atoms with Crippen LogP contribution in [-0.4, -0.2) is 35.3 Å². The van der Waals surface area contributed by atoms with E-state index >= 15 is 0 Å². The molecule has 0 aliphatic heterocycles. The van der Waals surface area contributed by atoms with Crippen molar-refractivity contribution in [2.24, 2.45) is 16.7 Å². The predicted molar refractivity (Wildman–Crippen MR) is 131 cm³/mol. The van der Waals surface area contributed by atoms with Crippen LogP contribution >= 0.6 is 0 Å². The highest BCUT2D eigenvalue weighted by Gasteiger charge is 2.38. The Morgan fingerprint density at radius 1 is 0.853 bits per heavy atom. The van der Waals surface area contributed by atoms with E-state index in [1.165, 1.54) is 0 Å². The third kappa shape index (κ3) is 10.5. The molecule has 0 spiro atoms. The normalized spacial score (nSPS) is 14.0. The molecule has 7 heteroatoms. The third-order valence-electron chi connectivity index (χ3n) is 5.12. The number of carbonyl (C=O) groups excluding carboxylic acids is 4. The van der Waals surface area contributed by atoms with Gasteiger partial charge in [-0.1, -0.05) is 71.9 Å². The first-order chi connectivity index (χ1) is 15.4. The van der Waals surface area contributed by atoms with Crippen LogP contribution in [0.3, 0.4) is 0 Å². The van der Waals surface area contributed by atoms with Gasteiger partial charge in [0.05, 0.1) is 12.0 Å². The molecule has 0 heterocycles. The van der Waals surface area contributed by atoms with Crippen molar-refractivity contribution in [3.05, 3.63) is 35.9 Å². The van der Waals surface area contributed by atoms with E-state index < -0.39 is 40.5 Å². The number of alkyl carbamates (subject to hydrolysis) is 1. The summed E-state index contributed by atoms with van der Waals surface area (Å²) < 4.78 is 10.8. The van der Waals surface area contributed by atoms with Gasteiger partial charge >= 0.3 is 12.1 Å². The number of hydrogen-bond acceptors (Lipinski definition) is 6. The first-order valence-corrected chi connectivity index (χ1v) is 11.7. The lowest BCUT2D eigenvalue weighted by Gasteiger charge is -2.32. The van der Waals surface area contributed by atoms with Gasteiger partial charge in [-0.2, -0.15) is 0 Å². The number of Topliss-reactive ketones (excluding diaryl/α,β-unsaturated/α-hetero) is 2. The highest BCUT2D eigenvalue weighted by Crippen LogP contribution is 2.27. The number of esters is 1. The first kappa shape index (κ1) is 29.3. The van der Waals surface area contributed by atoms with Gasteiger partial charge in [0.15, 0.2) is 5.78 Å². The number of carbonyl (C=O) groups is 4. The molecule has 0 bridgehead atoms. The summed E-state index contributed by atoms with van der Waals surface area (Å²) in [7, 11) is 0. The summed E-state index contributed by atoms with van der Waals surface area (Å²) in [4.78, 5) is 51.4. The average molecular weight is 476 g/mol. The molecule has 0 saturated heterocycles. The van der Waals surface area contributed by atoms with Gasteiger partial charge in [-0.3, -0.25) is 14.4 Å². The van der Waals surface area contributed by atoms with Crippen molar-refractivity contribution in [3.8, 4) is 0 Å². The summed E-state index contributed by atoms with van der Waals surface area (Å²) in [5, 5.41) is 2.65. The molecule has 34 heavy (non-hydrogen) atoms. The number of benzene rings is 1. The van der Waals surface area contributed by atoms with E-state index in [0.29, 0.717) is 0 Å². The Balaban J connectivity index is 3.06. The molecule has 0 aliphatic rings. The molecule has 1 N–H and O–H groups in total. The Labute approximate surface area is 204 Å². The zero-order chi connectivity index (χ0) is 26.3. The summed E-state index contributed by atoms with van der Waals surface area (Å²) in [6.45, 7) is 16.0. The van der Waals surface area contributed by atoms with E-state index in [1.54, 1.807) is 41.5 Å². The fourth-order valence-electron chi connectivity index (χ4n) is 3.18. The molecule has 0 radical (unpaired) electrons. The highest BCUT2D eigenvalue weighted by molar-refractivity contribution is 5.94. The molecule has 1 aromatic rings. The maximum atomic E-state index is 13.3. The van der Waals surface area contributed by atoms with Gasteiger partial charge in [0.25, 0.3) is 0 Å². The van der Waals surface area contributed by atoms with Crippen LogP contribution in [-0.2, 0) is 30.5 Å². The van der Waals surface area contributed by atoms with Crippen LogP contribution in [0.2, 0.25) is 0 Å². The van der Waals surface area contributed by atoms with Crippen LogP contribution in [0.25, 0.3) is 0 Å². The van der Waals surface area contributed by atoms with E-state index in [9.17, 15) is 19.2 Å². The standard InChI is InChI=1S/C27H41NO6/c1-25(2,3)21(30)16-19(23(31)33-17-18-13-11-10-12-14-18)15-20(29)22(26(4,5)6)28-24(32)34-27(7,8)9/h10-14,19,22H,15-17H2,1-9H3,(H,28,32)/t19-,22+/m0/s1. The lowest BCUT2D eigenvalue weighted by molar-refractivity contribution is -0.153. The van der Waals surface area contributed by atoms with Crippen molar-refractivity contribution < 1.29 is 28.7 Å². The molecule has 0 fully saturated rings. The van der Waals surface area contributed by atoms with Crippen LogP contribution in [0.4, 0.5) is 4.79 Å². The third-order valence-corrected chi connectivity index (χ3v) is 5.12. The smallest absolute Gasteiger partial charge is 0.408 e. The highest BCUT2D eigenvalue weighted by atomic mass is 16.6. The molecule has 0 unspecified atom stereocenters. The quantitative estimate of drug-likeness (QED) is 0.490. The minimum Gasteiger partial charge on any atom is -0.461 e. The maximum absolute atomic E-state index is 13.3. The van der Waals surface area contributed by atoms with Crippen LogP contribution in [0, 0.1) is 16.7 Å². The van der Waals surface area contributed by atoms with Crippen molar-refractivity contribution >= 4 is 23.6 Å². The summed E-state index contributed by atoms with van der Waals surface area (Å²) >= 11 is 0. The van der Waals surface area contributed by atoms with Crippen LogP contribution in [0.5, 0.6) is 0 Å². The second-order valence-electron chi connectivity index (χ2n) is 11.8. The lowest BCUT2D eigenvalue weighted by atomic mass is 9.79. The Bertz CT molecular complexity index is 856. The molecule has 2 atom stereocenters. The molecule has 190 valence electrons. The monoisotopic (exact) mass is 475 g/mol. The maximum Gasteiger partial charge on any atom is 0.408 e. The van der Waals surface area contributed by atoms with Crippen LogP contribution < -0.4 is 5.32 Å². The molecule has 1 aromatic carbocycles. The summed E-state index contributed by atoms with van der Waals surface area (Å²) in [5.41, 5.74) is -1.22. The van der Waals surface area contributed by atoms with Gasteiger partial charge < -0.3 is 14.8 Å². The number of hydrogen-bond donors (Lipinski definition) is 1. The van der Waals surface area contributed by atoms with Crippen molar-refractivity contribution in [1.29, 1.82) is 0 Å². The zero-order valence-electron chi connectivity index (χ0n) is 22.1. The summed E-state index contributed by atoms with van der Waals surface area (Å²) in [6.07, 6.45) is -1.06. The van der Waals surface area contributed by atoms with Crippen LogP contribution in [0.1, 0.15) is 80.7 Å². The second kappa shape index (κ2) is 11.6. The number of nitrogens with one attached hydrogen (secondary N) is 1. The Morgan fingerprint density at radius 3 is 1.88 bits per heavy atom. The van der Waals surface area contributed by atoms with Gasteiger partial charge in [0.2, 0.25) is 0 Å². The minimum absolute atomic E-state index is 0.0485. The van der Waals surface area contributed by atoms with Crippen molar-refractivity contribution in [2.75, 3.05) is 0 Å². The summed E-state index contributed by atoms with van der Waals surface area (Å²) in [6, 6.07) is 8.28. The van der Waals surface area contributed by atoms with Gasteiger partial charge in [-0.05, 0) is 31.7 Å². The topological polar surface area (TPSA) is 98.8 Å². The molecule has 1 rings (SSSR count). The minimum atomic E-state index is -0.951. The SMILES string of the molecule is CC(C)(C)OC(=O)N[C@H](C(=O)C[C@@H](CC(=O)C(C)(C)C)C(=O)OCc1ccccc1)C(C)(C)C. The fraction of sp³-hybridized carbons (Fsp3) is 0.630. The molecule has 1 amide bonds. The molecular weight excluding hydrogens is 434 g/mol. The summed E-state index contributed by atoms with van der Waals surface area (Å²) in [5.74, 6) is -2.07. The van der Waals surface area contributed by atoms with E-state index in [0.717, 1.165) is 5.56 Å². The molecule has 7 nitrogen and oxygen atoms in total. The van der Waals surface area contributed by atoms with Crippen LogP contribution in [0.15, 0.2) is 30.3 Å². The van der Waals surface area contributed by atoms with E-state index in [1.807, 2.05) is 51.1 Å². The number of ketones is 2. The molecule has 0 aromatic heterocycles. The van der Waals surface area contributed by atoms with Gasteiger partial charge in [0.1, 0.15) is 18.0 Å². The largest absolute Gasteiger partial charge is 0.461 e. The van der Waals surface area contributed by atoms with E-state index in [2.05, 4.69) is 5.32 Å². The molecular formula is C27H41NO6. The molecule has 0 saturated carbocycles. The predicted octanol–water partition coefficient (Wildman–Crippen LogP) is 5.25. The number of rotatable bonds is 9. The van der Waals surface area contributed by atoms with Gasteiger partial charge in [-0.25, -0.2) is 4.79 Å². The van der Waals surface area contributed by atoms with Crippen molar-refractivity contribution in [3.63, 3.8) is 0 Å². The lowest BCUT2D eigenvalue weighted by Crippen LogP contribution is -2.51. The first-order valence-electron chi connectivity index (χ1n) is 11.7. The fourth-order valence-corrected chi connectivity index (χ4v) is 3.18. The zero-order valence-corrected chi connectivity index (χ0v) is 22.1. The average Bonchev–Trinajstić information content (AvgIpc) is 2.67. The van der Waals surface area contributed by atoms with Crippen molar-refractivity contribution in [2.45, 2.75) is 93.4 Å². The Morgan fingerprint density at radius 2 is 1.41 bits per heavy atom. The number of amides is 1. The van der Waals surface area contributed by atoms with E-state index in [4.69, 9.17) is 9.47 Å². The van der Waals surface area contributed by atoms with Gasteiger partial charge in [-0.15, -0.1) is 0 Å².